The third kappa shape index (κ3) is 3.13. The van der Waals surface area contributed by atoms with E-state index in [2.05, 4.69) is 9.97 Å². The van der Waals surface area contributed by atoms with Crippen molar-refractivity contribution in [3.05, 3.63) is 47.0 Å². The maximum Gasteiger partial charge on any atom is 0.141 e. The largest absolute Gasteiger partial charge is 0.496 e. The molecule has 0 aliphatic carbocycles. The molecule has 2 rings (SSSR count). The molecule has 112 valence electrons. The van der Waals surface area contributed by atoms with Gasteiger partial charge in [-0.3, -0.25) is 9.97 Å². The number of rotatable bonds is 5. The molecular formula is C16H21N3O2. The molecule has 2 aromatic heterocycles. The topological polar surface area (TPSA) is 70.3 Å². The maximum absolute atomic E-state index is 6.31. The van der Waals surface area contributed by atoms with Crippen molar-refractivity contribution >= 4 is 0 Å². The molecule has 0 saturated heterocycles. The van der Waals surface area contributed by atoms with Crippen molar-refractivity contribution in [1.29, 1.82) is 0 Å². The molecule has 0 aliphatic heterocycles. The lowest BCUT2D eigenvalue weighted by molar-refractivity contribution is 0.402. The van der Waals surface area contributed by atoms with Crippen LogP contribution in [-0.4, -0.2) is 24.2 Å². The van der Waals surface area contributed by atoms with Gasteiger partial charge in [-0.1, -0.05) is 0 Å². The highest BCUT2D eigenvalue weighted by atomic mass is 16.5. The smallest absolute Gasteiger partial charge is 0.141 e. The van der Waals surface area contributed by atoms with Crippen LogP contribution in [0.5, 0.6) is 11.5 Å². The minimum atomic E-state index is -0.207. The number of pyridine rings is 2. The van der Waals surface area contributed by atoms with E-state index in [-0.39, 0.29) is 6.04 Å². The van der Waals surface area contributed by atoms with Crippen LogP contribution in [0.2, 0.25) is 0 Å². The Labute approximate surface area is 125 Å². The Kier molecular flexibility index (Phi) is 4.75. The van der Waals surface area contributed by atoms with Crippen molar-refractivity contribution in [2.45, 2.75) is 26.3 Å². The van der Waals surface area contributed by atoms with Gasteiger partial charge in [-0.25, -0.2) is 0 Å². The normalized spacial score (nSPS) is 12.0. The summed E-state index contributed by atoms with van der Waals surface area (Å²) in [6.45, 7) is 3.99. The molecule has 0 radical (unpaired) electrons. The number of hydrogen-bond donors (Lipinski definition) is 1. The fourth-order valence-corrected chi connectivity index (χ4v) is 2.46. The Morgan fingerprint density at radius 2 is 1.95 bits per heavy atom. The summed E-state index contributed by atoms with van der Waals surface area (Å²) in [5.41, 5.74) is 10.2. The minimum absolute atomic E-state index is 0.207. The Balaban J connectivity index is 2.30. The van der Waals surface area contributed by atoms with Crippen molar-refractivity contribution in [2.24, 2.45) is 5.73 Å². The van der Waals surface area contributed by atoms with Crippen molar-refractivity contribution in [3.8, 4) is 11.5 Å². The Morgan fingerprint density at radius 3 is 2.62 bits per heavy atom. The SMILES string of the molecule is COc1cnccc1C(N)Cc1ncc(C)c(OC)c1C. The molecule has 1 atom stereocenters. The molecule has 0 amide bonds. The van der Waals surface area contributed by atoms with E-state index in [0.29, 0.717) is 12.2 Å². The number of aryl methyl sites for hydroxylation is 1. The quantitative estimate of drug-likeness (QED) is 0.914. The summed E-state index contributed by atoms with van der Waals surface area (Å²) in [6.07, 6.45) is 5.82. The van der Waals surface area contributed by atoms with Crippen molar-refractivity contribution in [3.63, 3.8) is 0 Å². The van der Waals surface area contributed by atoms with E-state index in [0.717, 1.165) is 28.1 Å². The zero-order valence-corrected chi connectivity index (χ0v) is 12.9. The molecule has 0 aliphatic rings. The Morgan fingerprint density at radius 1 is 1.19 bits per heavy atom. The molecule has 5 nitrogen and oxygen atoms in total. The lowest BCUT2D eigenvalue weighted by Gasteiger charge is -2.17. The monoisotopic (exact) mass is 287 g/mol. The number of methoxy groups -OCH3 is 2. The molecular weight excluding hydrogens is 266 g/mol. The van der Waals surface area contributed by atoms with Gasteiger partial charge in [0.05, 0.1) is 20.4 Å². The number of ether oxygens (including phenoxy) is 2. The fourth-order valence-electron chi connectivity index (χ4n) is 2.46. The Bertz CT molecular complexity index is 629. The molecule has 21 heavy (non-hydrogen) atoms. The summed E-state index contributed by atoms with van der Waals surface area (Å²) in [7, 11) is 3.29. The van der Waals surface area contributed by atoms with Crippen LogP contribution in [0.3, 0.4) is 0 Å². The van der Waals surface area contributed by atoms with E-state index in [1.165, 1.54) is 0 Å². The molecule has 0 spiro atoms. The van der Waals surface area contributed by atoms with Crippen LogP contribution in [0.4, 0.5) is 0 Å². The molecule has 2 heterocycles. The third-order valence-corrected chi connectivity index (χ3v) is 3.60. The molecule has 2 aromatic rings. The lowest BCUT2D eigenvalue weighted by Crippen LogP contribution is -2.16. The number of aromatic nitrogens is 2. The molecule has 0 fully saturated rings. The number of nitrogens with two attached hydrogens (primary N) is 1. The molecule has 0 aromatic carbocycles. The molecule has 2 N–H and O–H groups in total. The van der Waals surface area contributed by atoms with E-state index in [9.17, 15) is 0 Å². The van der Waals surface area contributed by atoms with Crippen LogP contribution in [0.15, 0.2) is 24.7 Å². The second kappa shape index (κ2) is 6.54. The van der Waals surface area contributed by atoms with Crippen molar-refractivity contribution < 1.29 is 9.47 Å². The van der Waals surface area contributed by atoms with E-state index >= 15 is 0 Å². The van der Waals surface area contributed by atoms with Crippen molar-refractivity contribution in [2.75, 3.05) is 14.2 Å². The second-order valence-electron chi connectivity index (χ2n) is 4.97. The first-order chi connectivity index (χ1) is 10.1. The summed E-state index contributed by atoms with van der Waals surface area (Å²) in [5.74, 6) is 1.57. The van der Waals surface area contributed by atoms with Gasteiger partial charge in [0.2, 0.25) is 0 Å². The van der Waals surface area contributed by atoms with Gasteiger partial charge < -0.3 is 15.2 Å². The zero-order valence-electron chi connectivity index (χ0n) is 12.9. The van der Waals surface area contributed by atoms with Gasteiger partial charge >= 0.3 is 0 Å². The summed E-state index contributed by atoms with van der Waals surface area (Å²) in [6, 6.07) is 1.67. The predicted molar refractivity (Wildman–Crippen MR) is 81.7 cm³/mol. The molecule has 1 unspecified atom stereocenters. The van der Waals surface area contributed by atoms with Gasteiger partial charge in [-0.15, -0.1) is 0 Å². The van der Waals surface area contributed by atoms with E-state index in [1.807, 2.05) is 26.1 Å². The number of nitrogens with zero attached hydrogens (tertiary/aromatic N) is 2. The van der Waals surface area contributed by atoms with Gasteiger partial charge in [0.25, 0.3) is 0 Å². The predicted octanol–water partition coefficient (Wildman–Crippen LogP) is 2.35. The third-order valence-electron chi connectivity index (χ3n) is 3.60. The molecule has 0 saturated carbocycles. The van der Waals surface area contributed by atoms with Gasteiger partial charge in [-0.2, -0.15) is 0 Å². The first-order valence-electron chi connectivity index (χ1n) is 6.81. The zero-order chi connectivity index (χ0) is 15.4. The fraction of sp³-hybridized carbons (Fsp3) is 0.375. The average Bonchev–Trinajstić information content (AvgIpc) is 2.50. The van der Waals surface area contributed by atoms with Gasteiger partial charge in [0, 0.05) is 47.2 Å². The van der Waals surface area contributed by atoms with E-state index < -0.39 is 0 Å². The first-order valence-corrected chi connectivity index (χ1v) is 6.81. The summed E-state index contributed by atoms with van der Waals surface area (Å²) >= 11 is 0. The minimum Gasteiger partial charge on any atom is -0.496 e. The van der Waals surface area contributed by atoms with Crippen LogP contribution in [0.25, 0.3) is 0 Å². The highest BCUT2D eigenvalue weighted by Gasteiger charge is 2.16. The second-order valence-corrected chi connectivity index (χ2v) is 4.97. The maximum atomic E-state index is 6.31. The van der Waals surface area contributed by atoms with Crippen LogP contribution in [0.1, 0.15) is 28.4 Å². The van der Waals surface area contributed by atoms with Gasteiger partial charge in [0.1, 0.15) is 11.5 Å². The summed E-state index contributed by atoms with van der Waals surface area (Å²) < 4.78 is 10.7. The summed E-state index contributed by atoms with van der Waals surface area (Å²) in [5, 5.41) is 0. The highest BCUT2D eigenvalue weighted by Crippen LogP contribution is 2.29. The van der Waals surface area contributed by atoms with Gasteiger partial charge in [-0.05, 0) is 19.9 Å². The van der Waals surface area contributed by atoms with Crippen LogP contribution >= 0.6 is 0 Å². The molecule has 0 bridgehead atoms. The van der Waals surface area contributed by atoms with Crippen molar-refractivity contribution in [1.82, 2.24) is 9.97 Å². The van der Waals surface area contributed by atoms with E-state index in [4.69, 9.17) is 15.2 Å². The first kappa shape index (κ1) is 15.3. The Hall–Kier alpha value is -2.14. The van der Waals surface area contributed by atoms with Gasteiger partial charge in [0.15, 0.2) is 0 Å². The molecule has 5 heteroatoms. The standard InChI is InChI=1S/C16H21N3O2/c1-10-8-19-14(11(2)16(10)21-4)7-13(17)12-5-6-18-9-15(12)20-3/h5-6,8-9,13H,7,17H2,1-4H3. The highest BCUT2D eigenvalue weighted by molar-refractivity contribution is 5.42. The van der Waals surface area contributed by atoms with E-state index in [1.54, 1.807) is 26.6 Å². The number of hydrogen-bond acceptors (Lipinski definition) is 5. The van der Waals surface area contributed by atoms with Crippen LogP contribution in [0, 0.1) is 13.8 Å². The lowest BCUT2D eigenvalue weighted by atomic mass is 9.99. The van der Waals surface area contributed by atoms with Crippen LogP contribution < -0.4 is 15.2 Å². The van der Waals surface area contributed by atoms with Crippen LogP contribution in [-0.2, 0) is 6.42 Å². The average molecular weight is 287 g/mol. The summed E-state index contributed by atoms with van der Waals surface area (Å²) in [4.78, 5) is 8.54.